The maximum absolute atomic E-state index is 14.1. The zero-order valence-electron chi connectivity index (χ0n) is 48.7. The predicted molar refractivity (Wildman–Crippen MR) is 324 cm³/mol. The normalized spacial score (nSPS) is 15.8. The first-order valence-corrected chi connectivity index (χ1v) is 30.0. The number of aromatic nitrogens is 2. The van der Waals surface area contributed by atoms with Gasteiger partial charge in [-0.2, -0.15) is 5.10 Å². The second-order valence-corrected chi connectivity index (χ2v) is 25.0. The number of hydrogen-bond acceptors (Lipinski definition) is 9. The summed E-state index contributed by atoms with van der Waals surface area (Å²) in [5.74, 6) is -0.0557. The van der Waals surface area contributed by atoms with Crippen LogP contribution in [0, 0.1) is 18.3 Å². The van der Waals surface area contributed by atoms with Crippen molar-refractivity contribution in [1.29, 1.82) is 0 Å². The van der Waals surface area contributed by atoms with Crippen molar-refractivity contribution in [3.8, 4) is 11.8 Å². The molecule has 1 aliphatic carbocycles. The van der Waals surface area contributed by atoms with Crippen LogP contribution in [0.2, 0.25) is 0 Å². The maximum Gasteiger partial charge on any atom is 0.274 e. The number of aromatic hydroxyl groups is 2. The van der Waals surface area contributed by atoms with Crippen molar-refractivity contribution in [2.75, 3.05) is 29.9 Å². The molecule has 2 aromatic heterocycles. The van der Waals surface area contributed by atoms with Crippen molar-refractivity contribution in [3.63, 3.8) is 0 Å². The van der Waals surface area contributed by atoms with Crippen LogP contribution in [-0.4, -0.2) is 79.1 Å². The lowest BCUT2D eigenvalue weighted by Crippen LogP contribution is -2.37. The first-order valence-electron chi connectivity index (χ1n) is 29.2. The van der Waals surface area contributed by atoms with Gasteiger partial charge in [-0.05, 0) is 148 Å². The third-order valence-electron chi connectivity index (χ3n) is 17.2. The Bertz CT molecular complexity index is 3200. The number of carbonyl (C=O) groups excluding carboxylic acids is 4. The van der Waals surface area contributed by atoms with Gasteiger partial charge in [0.25, 0.3) is 11.8 Å². The van der Waals surface area contributed by atoms with Gasteiger partial charge in [-0.3, -0.25) is 23.7 Å². The Morgan fingerprint density at radius 3 is 2.19 bits per heavy atom. The molecule has 0 spiro atoms. The second-order valence-electron chi connectivity index (χ2n) is 23.6. The number of nitrogens with one attached hydrogen (secondary N) is 4. The highest BCUT2D eigenvalue weighted by Crippen LogP contribution is 2.52. The number of thioether (sulfide) groups is 1. The molecule has 6 N–H and O–H groups in total. The van der Waals surface area contributed by atoms with Crippen LogP contribution < -0.4 is 21.0 Å². The predicted octanol–water partition coefficient (Wildman–Crippen LogP) is 14.3. The third-order valence-corrected chi connectivity index (χ3v) is 19.0. The molecule has 4 amide bonds. The summed E-state index contributed by atoms with van der Waals surface area (Å²) in [6.45, 7) is 19.6. The first-order chi connectivity index (χ1) is 38.3. The van der Waals surface area contributed by atoms with Crippen LogP contribution in [0.1, 0.15) is 189 Å². The van der Waals surface area contributed by atoms with Gasteiger partial charge in [0.15, 0.2) is 5.88 Å². The molecule has 3 heterocycles. The van der Waals surface area contributed by atoms with Gasteiger partial charge < -0.3 is 35.5 Å². The molecule has 0 radical (unpaired) electrons. The van der Waals surface area contributed by atoms with Crippen LogP contribution in [0.5, 0.6) is 11.8 Å². The lowest BCUT2D eigenvalue weighted by Gasteiger charge is -2.39. The lowest BCUT2D eigenvalue weighted by molar-refractivity contribution is -0.131. The number of carbonyl (C=O) groups is 4. The number of rotatable bonds is 22. The average molecular weight is 1110 g/mol. The fourth-order valence-corrected chi connectivity index (χ4v) is 13.3. The van der Waals surface area contributed by atoms with Gasteiger partial charge in [-0.15, -0.1) is 11.8 Å². The van der Waals surface area contributed by atoms with Gasteiger partial charge in [0.2, 0.25) is 17.7 Å². The Morgan fingerprint density at radius 1 is 0.825 bits per heavy atom. The monoisotopic (exact) mass is 1110 g/mol. The number of aryl methyl sites for hydroxylation is 1. The minimum absolute atomic E-state index is 0.0190. The molecule has 0 saturated heterocycles. The maximum atomic E-state index is 14.1. The molecule has 1 fully saturated rings. The van der Waals surface area contributed by atoms with Crippen molar-refractivity contribution in [3.05, 3.63) is 113 Å². The van der Waals surface area contributed by atoms with Crippen LogP contribution in [0.4, 0.5) is 11.4 Å². The molecular weight excluding hydrogens is 1020 g/mol. The molecule has 0 bridgehead atoms. The third kappa shape index (κ3) is 13.8. The molecule has 8 rings (SSSR count). The Labute approximate surface area is 477 Å². The zero-order chi connectivity index (χ0) is 57.4. The Morgan fingerprint density at radius 2 is 1.50 bits per heavy atom. The molecule has 15 heteroatoms. The number of benzene rings is 4. The number of nitrogens with zero attached hydrogens (tertiary/aromatic N) is 3. The van der Waals surface area contributed by atoms with E-state index in [0.29, 0.717) is 66.0 Å². The van der Waals surface area contributed by atoms with E-state index in [1.54, 1.807) is 49.0 Å². The molecule has 14 nitrogen and oxygen atoms in total. The summed E-state index contributed by atoms with van der Waals surface area (Å²) in [6, 6.07) is 26.6. The van der Waals surface area contributed by atoms with Crippen LogP contribution in [0.25, 0.3) is 21.7 Å². The molecule has 80 heavy (non-hydrogen) atoms. The van der Waals surface area contributed by atoms with E-state index in [9.17, 15) is 29.4 Å². The molecule has 1 unspecified atom stereocenters. The largest absolute Gasteiger partial charge is 0.494 e. The van der Waals surface area contributed by atoms with Gasteiger partial charge in [0, 0.05) is 82.6 Å². The van der Waals surface area contributed by atoms with Gasteiger partial charge in [0.05, 0.1) is 16.2 Å². The smallest absolute Gasteiger partial charge is 0.274 e. The highest BCUT2D eigenvalue weighted by atomic mass is 32.2. The Kier molecular flexibility index (Phi) is 19.3. The Hall–Kier alpha value is -6.58. The number of amides is 4. The topological polar surface area (TPSA) is 190 Å². The Balaban J connectivity index is 0.762. The highest BCUT2D eigenvalue weighted by molar-refractivity contribution is 8.00. The minimum atomic E-state index is -0.805. The van der Waals surface area contributed by atoms with Gasteiger partial charge in [-0.1, -0.05) is 110 Å². The highest BCUT2D eigenvalue weighted by Gasteiger charge is 2.39. The van der Waals surface area contributed by atoms with Crippen LogP contribution in [-0.2, 0) is 20.9 Å². The summed E-state index contributed by atoms with van der Waals surface area (Å²) in [4.78, 5) is 59.8. The average Bonchev–Trinajstić information content (AvgIpc) is 4.15. The summed E-state index contributed by atoms with van der Waals surface area (Å²) < 4.78 is 7.64. The number of hydrogen-bond donors (Lipinski definition) is 6. The van der Waals surface area contributed by atoms with Crippen LogP contribution in [0.15, 0.2) is 94.9 Å². The molecule has 1 atom stereocenters. The number of hydrazone groups is 1. The van der Waals surface area contributed by atoms with Crippen molar-refractivity contribution < 1.29 is 34.1 Å². The van der Waals surface area contributed by atoms with Gasteiger partial charge >= 0.3 is 0 Å². The first kappa shape index (κ1) is 59.5. The zero-order valence-corrected chi connectivity index (χ0v) is 49.5. The molecule has 4 aromatic carbocycles. The lowest BCUT2D eigenvalue weighted by atomic mass is 9.80. The van der Waals surface area contributed by atoms with E-state index in [0.717, 1.165) is 47.0 Å². The number of aromatic amines is 1. The molecular formula is C65H85N7O7S. The number of fused-ring (bicyclic) bond motifs is 4. The molecule has 1 saturated carbocycles. The summed E-state index contributed by atoms with van der Waals surface area (Å²) in [5.41, 5.74) is 8.31. The van der Waals surface area contributed by atoms with Crippen LogP contribution in [0.3, 0.4) is 0 Å². The molecule has 428 valence electrons. The number of anilines is 2. The fourth-order valence-electron chi connectivity index (χ4n) is 11.8. The molecule has 1 aliphatic heterocycles. The number of ether oxygens (including phenoxy) is 1. The van der Waals surface area contributed by atoms with Crippen molar-refractivity contribution in [2.45, 2.75) is 180 Å². The van der Waals surface area contributed by atoms with E-state index in [1.165, 1.54) is 72.3 Å². The van der Waals surface area contributed by atoms with Crippen molar-refractivity contribution in [1.82, 2.24) is 20.3 Å². The SMILES string of the molecule is CCC1CN(C(=O)c2cc3cc(NC(=O)c4ccc(C(C)=NNC(=O)C(C)(C)CCOC(C)(C)CCNC(=O)CCn5c(O)cc(SC(CC)(CC)C6CCCCCCCC6)c5O)cc4)ccc3[nH]2)c2cc(C)c3ccccc3c21. The van der Waals surface area contributed by atoms with Crippen molar-refractivity contribution >= 4 is 74.2 Å². The van der Waals surface area contributed by atoms with Gasteiger partial charge in [0.1, 0.15) is 5.69 Å². The summed E-state index contributed by atoms with van der Waals surface area (Å²) in [7, 11) is 0. The summed E-state index contributed by atoms with van der Waals surface area (Å²) >= 11 is 1.70. The fraction of sp³-hybridized carbons (Fsp3) is 0.492. The second kappa shape index (κ2) is 25.9. The molecule has 6 aromatic rings. The van der Waals surface area contributed by atoms with Crippen LogP contribution >= 0.6 is 11.8 Å². The molecule has 2 aliphatic rings. The van der Waals surface area contributed by atoms with Gasteiger partial charge in [-0.25, -0.2) is 5.43 Å². The van der Waals surface area contributed by atoms with E-state index >= 15 is 0 Å². The van der Waals surface area contributed by atoms with E-state index in [4.69, 9.17) is 4.74 Å². The quantitative estimate of drug-likeness (QED) is 0.0220. The summed E-state index contributed by atoms with van der Waals surface area (Å²) in [6.07, 6.45) is 14.0. The van der Waals surface area contributed by atoms with E-state index in [2.05, 4.69) is 84.2 Å². The van der Waals surface area contributed by atoms with E-state index in [-0.39, 0.29) is 59.0 Å². The van der Waals surface area contributed by atoms with Crippen molar-refractivity contribution in [2.24, 2.45) is 16.4 Å². The summed E-state index contributed by atoms with van der Waals surface area (Å²) in [5, 5.41) is 35.8. The minimum Gasteiger partial charge on any atom is -0.494 e. The van der Waals surface area contributed by atoms with E-state index < -0.39 is 11.0 Å². The van der Waals surface area contributed by atoms with E-state index in [1.807, 2.05) is 56.9 Å². The standard InChI is InChI=1S/C65H85N7O7S/c1-10-44-41-72(54-37-42(4)50-23-19-20-24-51(50)58(44)54)60(76)53-39-47-38-49(29-30-52(47)68-53)67-59(75)46-27-25-45(26-28-46)43(5)69-70-62(78)63(6,7)33-36-79-64(8,9)32-34-66-56(73)31-35-71-57(74)40-55(61(71)77)80-65(11-2,12-3)48-21-17-15-13-14-16-18-22-48/h19-20,23-30,37-40,44,48,68,74,77H,10-18,21-22,31-36,41H2,1-9H3,(H,66,73)(H,67,75)(H,70,78). The number of H-pyrrole nitrogens is 1.